The third-order valence-corrected chi connectivity index (χ3v) is 4.49. The minimum atomic E-state index is -4.59. The van der Waals surface area contributed by atoms with E-state index >= 15 is 0 Å². The summed E-state index contributed by atoms with van der Waals surface area (Å²) >= 11 is 0. The van der Waals surface area contributed by atoms with Crippen LogP contribution in [-0.4, -0.2) is 19.0 Å². The second kappa shape index (κ2) is 7.37. The Bertz CT molecular complexity index is 852. The highest BCUT2D eigenvalue weighted by atomic mass is 19.4. The summed E-state index contributed by atoms with van der Waals surface area (Å²) in [6.45, 7) is 1.29. The number of amides is 1. The summed E-state index contributed by atoms with van der Waals surface area (Å²) in [6.07, 6.45) is -7.36. The van der Waals surface area contributed by atoms with Crippen molar-refractivity contribution in [2.24, 2.45) is 0 Å². The molecule has 1 aliphatic rings. The zero-order valence-electron chi connectivity index (χ0n) is 14.5. The second-order valence-corrected chi connectivity index (χ2v) is 6.45. The Morgan fingerprint density at radius 1 is 0.821 bits per heavy atom. The van der Waals surface area contributed by atoms with Gasteiger partial charge in [0.05, 0.1) is 22.5 Å². The molecule has 2 aromatic carbocycles. The van der Waals surface area contributed by atoms with E-state index < -0.39 is 29.4 Å². The third kappa shape index (κ3) is 4.40. The van der Waals surface area contributed by atoms with Crippen LogP contribution in [0.15, 0.2) is 42.5 Å². The molecule has 1 heterocycles. The first-order chi connectivity index (χ1) is 13.1. The first kappa shape index (κ1) is 20.0. The molecule has 28 heavy (non-hydrogen) atoms. The van der Waals surface area contributed by atoms with Crippen molar-refractivity contribution in [1.82, 2.24) is 0 Å². The van der Waals surface area contributed by atoms with E-state index in [0.29, 0.717) is 18.8 Å². The maximum atomic E-state index is 13.1. The van der Waals surface area contributed by atoms with Crippen LogP contribution < -0.4 is 10.2 Å². The number of benzene rings is 2. The van der Waals surface area contributed by atoms with Crippen LogP contribution >= 0.6 is 0 Å². The van der Waals surface area contributed by atoms with Gasteiger partial charge in [0.1, 0.15) is 0 Å². The van der Waals surface area contributed by atoms with Crippen molar-refractivity contribution in [3.8, 4) is 0 Å². The molecule has 0 aliphatic carbocycles. The zero-order valence-corrected chi connectivity index (χ0v) is 14.5. The Kier molecular flexibility index (Phi) is 5.27. The third-order valence-electron chi connectivity index (χ3n) is 4.49. The molecular weight excluding hydrogens is 386 g/mol. The molecule has 150 valence electrons. The molecule has 1 amide bonds. The first-order valence-electron chi connectivity index (χ1n) is 8.50. The molecule has 0 atom stereocenters. The highest BCUT2D eigenvalue weighted by Crippen LogP contribution is 2.37. The summed E-state index contributed by atoms with van der Waals surface area (Å²) in [4.78, 5) is 14.3. The average molecular weight is 402 g/mol. The molecule has 3 nitrogen and oxygen atoms in total. The summed E-state index contributed by atoms with van der Waals surface area (Å²) in [5.74, 6) is -0.784. The van der Waals surface area contributed by atoms with E-state index in [-0.39, 0.29) is 11.3 Å². The molecule has 2 aromatic rings. The molecule has 1 N–H and O–H groups in total. The smallest absolute Gasteiger partial charge is 0.370 e. The summed E-state index contributed by atoms with van der Waals surface area (Å²) in [5, 5.41) is 2.41. The van der Waals surface area contributed by atoms with Gasteiger partial charge in [-0.3, -0.25) is 4.79 Å². The molecule has 0 unspecified atom stereocenters. The lowest BCUT2D eigenvalue weighted by Crippen LogP contribution is -2.22. The van der Waals surface area contributed by atoms with Crippen LogP contribution in [0.5, 0.6) is 0 Å². The van der Waals surface area contributed by atoms with Crippen LogP contribution in [0.3, 0.4) is 0 Å². The monoisotopic (exact) mass is 402 g/mol. The van der Waals surface area contributed by atoms with E-state index in [2.05, 4.69) is 5.32 Å². The van der Waals surface area contributed by atoms with Gasteiger partial charge >= 0.3 is 12.4 Å². The largest absolute Gasteiger partial charge is 0.416 e. The van der Waals surface area contributed by atoms with Gasteiger partial charge in [-0.1, -0.05) is 0 Å². The molecular formula is C19H16F6N2O. The van der Waals surface area contributed by atoms with E-state index in [1.54, 1.807) is 0 Å². The van der Waals surface area contributed by atoms with Gasteiger partial charge in [-0.2, -0.15) is 26.3 Å². The van der Waals surface area contributed by atoms with Crippen molar-refractivity contribution in [2.45, 2.75) is 25.2 Å². The number of carbonyl (C=O) groups excluding carboxylic acids is 1. The van der Waals surface area contributed by atoms with Gasteiger partial charge in [0, 0.05) is 18.7 Å². The summed E-state index contributed by atoms with van der Waals surface area (Å²) in [5.41, 5.74) is -1.50. The molecule has 0 bridgehead atoms. The number of hydrogen-bond acceptors (Lipinski definition) is 2. The molecule has 1 saturated heterocycles. The Labute approximate surface area is 157 Å². The topological polar surface area (TPSA) is 32.3 Å². The predicted octanol–water partition coefficient (Wildman–Crippen LogP) is 5.58. The Morgan fingerprint density at radius 3 is 1.89 bits per heavy atom. The van der Waals surface area contributed by atoms with E-state index in [0.717, 1.165) is 49.2 Å². The van der Waals surface area contributed by atoms with Gasteiger partial charge in [0.2, 0.25) is 0 Å². The van der Waals surface area contributed by atoms with Crippen molar-refractivity contribution < 1.29 is 31.1 Å². The fourth-order valence-electron chi connectivity index (χ4n) is 3.05. The molecule has 3 rings (SSSR count). The fraction of sp³-hybridized carbons (Fsp3) is 0.316. The molecule has 0 radical (unpaired) electrons. The van der Waals surface area contributed by atoms with Crippen LogP contribution in [0.4, 0.5) is 37.7 Å². The fourth-order valence-corrected chi connectivity index (χ4v) is 3.05. The van der Waals surface area contributed by atoms with Gasteiger partial charge in [-0.25, -0.2) is 0 Å². The van der Waals surface area contributed by atoms with Crippen molar-refractivity contribution in [3.05, 3.63) is 59.2 Å². The van der Waals surface area contributed by atoms with Crippen LogP contribution in [0.25, 0.3) is 0 Å². The van der Waals surface area contributed by atoms with E-state index in [9.17, 15) is 31.1 Å². The minimum Gasteiger partial charge on any atom is -0.370 e. The highest BCUT2D eigenvalue weighted by molar-refractivity contribution is 6.06. The number of rotatable bonds is 3. The molecule has 1 aliphatic heterocycles. The second-order valence-electron chi connectivity index (χ2n) is 6.45. The standard InChI is InChI=1S/C19H16F6N2O/c20-18(21,22)13-5-3-12(4-6-13)17(28)26-15-11-14(19(23,24)25)7-8-16(15)27-9-1-2-10-27/h3-8,11H,1-2,9-10H2,(H,26,28). The molecule has 9 heteroatoms. The van der Waals surface area contributed by atoms with E-state index in [1.807, 2.05) is 4.90 Å². The predicted molar refractivity (Wildman–Crippen MR) is 92.3 cm³/mol. The van der Waals surface area contributed by atoms with Crippen LogP contribution in [0.1, 0.15) is 34.3 Å². The number of nitrogens with zero attached hydrogens (tertiary/aromatic N) is 1. The van der Waals surface area contributed by atoms with Gasteiger partial charge in [-0.05, 0) is 55.3 Å². The lowest BCUT2D eigenvalue weighted by Gasteiger charge is -2.23. The van der Waals surface area contributed by atoms with Gasteiger partial charge < -0.3 is 10.2 Å². The minimum absolute atomic E-state index is 0.0263. The number of nitrogens with one attached hydrogen (secondary N) is 1. The van der Waals surface area contributed by atoms with Crippen LogP contribution in [-0.2, 0) is 12.4 Å². The maximum Gasteiger partial charge on any atom is 0.416 e. The molecule has 0 spiro atoms. The van der Waals surface area contributed by atoms with Crippen molar-refractivity contribution >= 4 is 17.3 Å². The molecule has 0 saturated carbocycles. The average Bonchev–Trinajstić information content (AvgIpc) is 3.14. The number of halogens is 6. The lowest BCUT2D eigenvalue weighted by atomic mass is 10.1. The number of carbonyl (C=O) groups is 1. The maximum absolute atomic E-state index is 13.1. The zero-order chi connectivity index (χ0) is 20.5. The quantitative estimate of drug-likeness (QED) is 0.680. The summed E-state index contributed by atoms with van der Waals surface area (Å²) in [7, 11) is 0. The molecule has 1 fully saturated rings. The highest BCUT2D eigenvalue weighted by Gasteiger charge is 2.32. The van der Waals surface area contributed by atoms with Crippen molar-refractivity contribution in [2.75, 3.05) is 23.3 Å². The Balaban J connectivity index is 1.89. The lowest BCUT2D eigenvalue weighted by molar-refractivity contribution is -0.138. The summed E-state index contributed by atoms with van der Waals surface area (Å²) in [6, 6.07) is 6.57. The van der Waals surface area contributed by atoms with Gasteiger partial charge in [-0.15, -0.1) is 0 Å². The first-order valence-corrected chi connectivity index (χ1v) is 8.50. The number of alkyl halides is 6. The summed E-state index contributed by atoms with van der Waals surface area (Å²) < 4.78 is 77.1. The van der Waals surface area contributed by atoms with Crippen LogP contribution in [0.2, 0.25) is 0 Å². The van der Waals surface area contributed by atoms with Crippen molar-refractivity contribution in [3.63, 3.8) is 0 Å². The van der Waals surface area contributed by atoms with E-state index in [4.69, 9.17) is 0 Å². The SMILES string of the molecule is O=C(Nc1cc(C(F)(F)F)ccc1N1CCCC1)c1ccc(C(F)(F)F)cc1. The van der Waals surface area contributed by atoms with Crippen molar-refractivity contribution in [1.29, 1.82) is 0 Å². The van der Waals surface area contributed by atoms with Gasteiger partial charge in [0.25, 0.3) is 5.91 Å². The Hall–Kier alpha value is -2.71. The number of anilines is 2. The normalized spacial score (nSPS) is 15.0. The van der Waals surface area contributed by atoms with E-state index in [1.165, 1.54) is 6.07 Å². The molecule has 0 aromatic heterocycles. The van der Waals surface area contributed by atoms with Gasteiger partial charge in [0.15, 0.2) is 0 Å². The Morgan fingerprint density at radius 2 is 1.36 bits per heavy atom. The van der Waals surface area contributed by atoms with Crippen LogP contribution in [0, 0.1) is 0 Å². The number of hydrogen-bond donors (Lipinski definition) is 1.